The Hall–Kier alpha value is -3.55. The van der Waals surface area contributed by atoms with E-state index in [0.717, 1.165) is 69.8 Å². The largest absolute Gasteiger partial charge is 0.461 e. The Bertz CT molecular complexity index is 1380. The first-order valence-electron chi connectivity index (χ1n) is 15.3. The molecule has 3 aliphatic carbocycles. The molecule has 2 aromatic rings. The molecule has 1 N–H and O–H groups in total. The lowest BCUT2D eigenvalue weighted by atomic mass is 9.82. The van der Waals surface area contributed by atoms with E-state index in [0.29, 0.717) is 22.6 Å². The molecule has 0 radical (unpaired) electrons. The molecule has 2 atom stereocenters. The minimum Gasteiger partial charge on any atom is -0.461 e. The van der Waals surface area contributed by atoms with Gasteiger partial charge in [-0.1, -0.05) is 56.8 Å². The zero-order valence-corrected chi connectivity index (χ0v) is 23.8. The third kappa shape index (κ3) is 6.21. The zero-order chi connectivity index (χ0) is 28.2. The molecule has 4 aliphatic rings. The average Bonchev–Trinajstić information content (AvgIpc) is 3.37. The van der Waals surface area contributed by atoms with E-state index >= 15 is 0 Å². The van der Waals surface area contributed by atoms with Crippen molar-refractivity contribution in [3.63, 3.8) is 0 Å². The van der Waals surface area contributed by atoms with Crippen LogP contribution in [-0.2, 0) is 19.0 Å². The van der Waals surface area contributed by atoms with E-state index in [-0.39, 0.29) is 29.6 Å². The highest BCUT2D eigenvalue weighted by Crippen LogP contribution is 2.39. The number of hydrogen-bond acceptors (Lipinski definition) is 5. The van der Waals surface area contributed by atoms with Gasteiger partial charge in [-0.25, -0.2) is 9.37 Å². The van der Waals surface area contributed by atoms with Crippen LogP contribution < -0.4 is 5.32 Å². The van der Waals surface area contributed by atoms with Crippen LogP contribution in [0, 0.1) is 11.7 Å². The fourth-order valence-electron chi connectivity index (χ4n) is 6.73. The summed E-state index contributed by atoms with van der Waals surface area (Å²) in [5, 5.41) is 3.38. The molecule has 1 aromatic heterocycles. The Morgan fingerprint density at radius 3 is 2.63 bits per heavy atom. The second-order valence-electron chi connectivity index (χ2n) is 11.7. The Morgan fingerprint density at radius 2 is 1.88 bits per heavy atom. The van der Waals surface area contributed by atoms with Gasteiger partial charge in [-0.2, -0.15) is 0 Å². The first-order chi connectivity index (χ1) is 20.1. The quantitative estimate of drug-likeness (QED) is 0.356. The van der Waals surface area contributed by atoms with Crippen LogP contribution >= 0.6 is 0 Å². The van der Waals surface area contributed by atoms with Crippen molar-refractivity contribution in [1.29, 1.82) is 0 Å². The van der Waals surface area contributed by atoms with Crippen molar-refractivity contribution < 1.29 is 23.4 Å². The molecule has 2 unspecified atom stereocenters. The highest BCUT2D eigenvalue weighted by molar-refractivity contribution is 5.85. The molecule has 2 saturated carbocycles. The van der Waals surface area contributed by atoms with E-state index in [4.69, 9.17) is 19.2 Å². The van der Waals surface area contributed by atoms with Crippen molar-refractivity contribution in [3.8, 4) is 0 Å². The first kappa shape index (κ1) is 27.6. The number of amides is 1. The number of ether oxygens (including phenoxy) is 3. The van der Waals surface area contributed by atoms with E-state index in [2.05, 4.69) is 11.4 Å². The van der Waals surface area contributed by atoms with Crippen LogP contribution in [0.4, 0.5) is 4.39 Å². The fourth-order valence-corrected chi connectivity index (χ4v) is 6.73. The van der Waals surface area contributed by atoms with Crippen LogP contribution in [-0.4, -0.2) is 21.5 Å². The normalized spacial score (nSPS) is 21.7. The summed E-state index contributed by atoms with van der Waals surface area (Å²) in [5.74, 6) is 1.18. The summed E-state index contributed by atoms with van der Waals surface area (Å²) < 4.78 is 34.5. The fraction of sp³-hybridized carbons (Fsp3) is 0.515. The number of hydrogen-bond donors (Lipinski definition) is 1. The van der Waals surface area contributed by atoms with Crippen LogP contribution in [0.25, 0.3) is 11.0 Å². The average molecular weight is 562 g/mol. The molecule has 1 aliphatic heterocycles. The van der Waals surface area contributed by atoms with Gasteiger partial charge in [0.2, 0.25) is 5.91 Å². The molecular weight excluding hydrogens is 521 g/mol. The predicted molar refractivity (Wildman–Crippen MR) is 155 cm³/mol. The van der Waals surface area contributed by atoms with Gasteiger partial charge in [0.1, 0.15) is 18.1 Å². The SMILES string of the molecule is CC(OC1=COC=C(C2=CC=CCC2)O1)c1nc2ccc(F)cc2n1C(C(=O)NC1CCCCC1)C1CCCCC1. The lowest BCUT2D eigenvalue weighted by molar-refractivity contribution is -0.127. The zero-order valence-electron chi connectivity index (χ0n) is 23.8. The van der Waals surface area contributed by atoms with Gasteiger partial charge in [-0.3, -0.25) is 4.79 Å². The summed E-state index contributed by atoms with van der Waals surface area (Å²) in [7, 11) is 0. The number of nitrogens with zero attached hydrogens (tertiary/aromatic N) is 2. The number of aromatic nitrogens is 2. The number of imidazole rings is 1. The maximum atomic E-state index is 14.7. The molecule has 2 fully saturated rings. The number of carbonyl (C=O) groups is 1. The Kier molecular flexibility index (Phi) is 8.44. The molecule has 6 rings (SSSR count). The topological polar surface area (TPSA) is 74.6 Å². The highest BCUT2D eigenvalue weighted by atomic mass is 19.1. The van der Waals surface area contributed by atoms with E-state index in [1.165, 1.54) is 31.2 Å². The number of allylic oxidation sites excluding steroid dienone is 4. The number of benzene rings is 1. The molecule has 7 nitrogen and oxygen atoms in total. The van der Waals surface area contributed by atoms with Gasteiger partial charge in [-0.05, 0) is 75.1 Å². The van der Waals surface area contributed by atoms with E-state index in [9.17, 15) is 9.18 Å². The van der Waals surface area contributed by atoms with Gasteiger partial charge in [0.25, 0.3) is 0 Å². The molecular formula is C33H40FN3O4. The molecule has 41 heavy (non-hydrogen) atoms. The monoisotopic (exact) mass is 561 g/mol. The van der Waals surface area contributed by atoms with Crippen LogP contribution in [0.15, 0.2) is 66.2 Å². The summed E-state index contributed by atoms with van der Waals surface area (Å²) in [6.07, 6.45) is 21.1. The smallest absolute Gasteiger partial charge is 0.322 e. The minimum absolute atomic E-state index is 0.000198. The van der Waals surface area contributed by atoms with Crippen LogP contribution in [0.3, 0.4) is 0 Å². The van der Waals surface area contributed by atoms with Gasteiger partial charge in [0, 0.05) is 6.04 Å². The molecule has 0 saturated heterocycles. The summed E-state index contributed by atoms with van der Waals surface area (Å²) in [5.41, 5.74) is 2.28. The van der Waals surface area contributed by atoms with Gasteiger partial charge in [0.15, 0.2) is 23.9 Å². The van der Waals surface area contributed by atoms with Crippen LogP contribution in [0.2, 0.25) is 0 Å². The molecule has 0 bridgehead atoms. The van der Waals surface area contributed by atoms with Crippen molar-refractivity contribution >= 4 is 16.9 Å². The highest BCUT2D eigenvalue weighted by Gasteiger charge is 2.36. The second-order valence-corrected chi connectivity index (χ2v) is 11.7. The molecule has 1 aromatic carbocycles. The van der Waals surface area contributed by atoms with Crippen LogP contribution in [0.5, 0.6) is 0 Å². The Balaban J connectivity index is 1.32. The Morgan fingerprint density at radius 1 is 1.10 bits per heavy atom. The summed E-state index contributed by atoms with van der Waals surface area (Å²) in [4.78, 5) is 19.1. The van der Waals surface area contributed by atoms with E-state index in [1.807, 2.05) is 23.6 Å². The molecule has 1 amide bonds. The maximum Gasteiger partial charge on any atom is 0.322 e. The second kappa shape index (κ2) is 12.5. The molecule has 2 heterocycles. The molecule has 0 spiro atoms. The number of carbonyl (C=O) groups excluding carboxylic acids is 1. The summed E-state index contributed by atoms with van der Waals surface area (Å²) >= 11 is 0. The molecule has 218 valence electrons. The summed E-state index contributed by atoms with van der Waals surface area (Å²) in [6, 6.07) is 4.26. The van der Waals surface area contributed by atoms with E-state index in [1.54, 1.807) is 12.3 Å². The van der Waals surface area contributed by atoms with Crippen molar-refractivity contribution in [2.75, 3.05) is 0 Å². The lowest BCUT2D eigenvalue weighted by Gasteiger charge is -2.34. The van der Waals surface area contributed by atoms with Gasteiger partial charge in [-0.15, -0.1) is 0 Å². The van der Waals surface area contributed by atoms with Crippen molar-refractivity contribution in [1.82, 2.24) is 14.9 Å². The summed E-state index contributed by atoms with van der Waals surface area (Å²) in [6.45, 7) is 1.88. The minimum atomic E-state index is -0.589. The third-order valence-corrected chi connectivity index (χ3v) is 8.81. The van der Waals surface area contributed by atoms with Crippen molar-refractivity contribution in [3.05, 3.63) is 77.9 Å². The lowest BCUT2D eigenvalue weighted by Crippen LogP contribution is -2.44. The van der Waals surface area contributed by atoms with Gasteiger partial charge >= 0.3 is 5.95 Å². The van der Waals surface area contributed by atoms with Gasteiger partial charge in [0.05, 0.1) is 11.0 Å². The van der Waals surface area contributed by atoms with E-state index < -0.39 is 12.1 Å². The van der Waals surface area contributed by atoms with Gasteiger partial charge < -0.3 is 24.1 Å². The number of fused-ring (bicyclic) bond motifs is 1. The number of nitrogens with one attached hydrogen (secondary N) is 1. The molecule has 8 heteroatoms. The van der Waals surface area contributed by atoms with Crippen molar-refractivity contribution in [2.45, 2.75) is 102 Å². The standard InChI is InChI=1S/C33H40FN3O4/c1-22(40-30-21-39-20-29(41-30)23-11-5-2-6-12-23)32-36-27-18-17-25(34)19-28(27)37(32)31(24-13-7-3-8-14-24)33(38)35-26-15-9-4-10-16-26/h2,5,11,17-22,24,26,31H,3-4,6-10,12-16H2,1H3,(H,35,38). The number of rotatable bonds is 8. The maximum absolute atomic E-state index is 14.7. The Labute approximate surface area is 241 Å². The first-order valence-corrected chi connectivity index (χ1v) is 15.3. The third-order valence-electron chi connectivity index (χ3n) is 8.81. The van der Waals surface area contributed by atoms with Crippen molar-refractivity contribution in [2.24, 2.45) is 5.92 Å². The number of halogens is 1. The predicted octanol–water partition coefficient (Wildman–Crippen LogP) is 7.79. The van der Waals surface area contributed by atoms with Crippen LogP contribution in [0.1, 0.15) is 102 Å².